The van der Waals surface area contributed by atoms with Crippen LogP contribution in [0.4, 0.5) is 11.6 Å². The monoisotopic (exact) mass is 578 g/mol. The largest absolute Gasteiger partial charge is 0.495 e. The van der Waals surface area contributed by atoms with Gasteiger partial charge in [-0.1, -0.05) is 23.3 Å². The van der Waals surface area contributed by atoms with E-state index in [0.717, 1.165) is 5.69 Å². The van der Waals surface area contributed by atoms with Crippen LogP contribution in [0.15, 0.2) is 67.6 Å². The van der Waals surface area contributed by atoms with Crippen molar-refractivity contribution in [2.75, 3.05) is 50.1 Å². The number of amides is 1. The van der Waals surface area contributed by atoms with Crippen LogP contribution in [-0.4, -0.2) is 101 Å². The molecule has 15 heteroatoms. The predicted octanol–water partition coefficient (Wildman–Crippen LogP) is 1.14. The van der Waals surface area contributed by atoms with Gasteiger partial charge >= 0.3 is 0 Å². The molecule has 1 amide bonds. The minimum atomic E-state index is -0.735. The molecule has 1 fully saturated rings. The SMILES string of the molecule is COc1cnc(-c2cnc(-n3ccnc3)cn2)c2c1C(C(=O)C(=O)N1CCN(c3nnnn3-c3ccccc3)CC1)CN2. The first-order valence-corrected chi connectivity index (χ1v) is 13.7. The topological polar surface area (TPSA) is 162 Å². The number of nitrogens with one attached hydrogen (secondary N) is 1. The second kappa shape index (κ2) is 10.9. The lowest BCUT2D eigenvalue weighted by Crippen LogP contribution is -2.52. The number of ether oxygens (including phenoxy) is 1. The lowest BCUT2D eigenvalue weighted by molar-refractivity contribution is -0.145. The number of hydrogen-bond donors (Lipinski definition) is 1. The highest BCUT2D eigenvalue weighted by Crippen LogP contribution is 2.43. The molecular weight excluding hydrogens is 552 g/mol. The molecule has 2 aliphatic rings. The van der Waals surface area contributed by atoms with Crippen LogP contribution in [0.3, 0.4) is 0 Å². The summed E-state index contributed by atoms with van der Waals surface area (Å²) in [5.41, 5.74) is 3.07. The summed E-state index contributed by atoms with van der Waals surface area (Å²) in [7, 11) is 1.51. The maximum Gasteiger partial charge on any atom is 0.290 e. The van der Waals surface area contributed by atoms with Crippen molar-refractivity contribution in [3.63, 3.8) is 0 Å². The number of aromatic nitrogens is 9. The highest BCUT2D eigenvalue weighted by atomic mass is 16.5. The molecule has 1 aromatic carbocycles. The average molecular weight is 579 g/mol. The maximum atomic E-state index is 13.7. The molecule has 2 aliphatic heterocycles. The molecular formula is C28H26N12O3. The Bertz CT molecular complexity index is 1760. The molecule has 0 radical (unpaired) electrons. The van der Waals surface area contributed by atoms with E-state index in [1.807, 2.05) is 35.2 Å². The smallest absolute Gasteiger partial charge is 0.290 e. The van der Waals surface area contributed by atoms with Gasteiger partial charge in [-0.3, -0.25) is 14.2 Å². The molecule has 1 saturated heterocycles. The zero-order valence-corrected chi connectivity index (χ0v) is 23.1. The van der Waals surface area contributed by atoms with Crippen LogP contribution < -0.4 is 15.0 Å². The van der Waals surface area contributed by atoms with Crippen molar-refractivity contribution >= 4 is 23.3 Å². The van der Waals surface area contributed by atoms with Gasteiger partial charge in [-0.05, 0) is 22.6 Å². The van der Waals surface area contributed by atoms with E-state index < -0.39 is 17.6 Å². The molecule has 4 aromatic heterocycles. The van der Waals surface area contributed by atoms with Crippen molar-refractivity contribution < 1.29 is 14.3 Å². The Labute approximate surface area is 245 Å². The molecule has 15 nitrogen and oxygen atoms in total. The highest BCUT2D eigenvalue weighted by Gasteiger charge is 2.40. The maximum absolute atomic E-state index is 13.7. The van der Waals surface area contributed by atoms with Crippen molar-refractivity contribution in [3.8, 4) is 28.6 Å². The minimum absolute atomic E-state index is 0.237. The van der Waals surface area contributed by atoms with Crippen molar-refractivity contribution in [2.45, 2.75) is 5.92 Å². The summed E-state index contributed by atoms with van der Waals surface area (Å²) in [5.74, 6) is -0.159. The van der Waals surface area contributed by atoms with E-state index in [2.05, 4.69) is 40.8 Å². The number of carbonyl (C=O) groups excluding carboxylic acids is 2. The van der Waals surface area contributed by atoms with Crippen LogP contribution in [-0.2, 0) is 9.59 Å². The van der Waals surface area contributed by atoms with Crippen molar-refractivity contribution in [3.05, 3.63) is 73.2 Å². The van der Waals surface area contributed by atoms with Crippen molar-refractivity contribution in [1.29, 1.82) is 0 Å². The Balaban J connectivity index is 1.08. The van der Waals surface area contributed by atoms with Crippen LogP contribution in [0.5, 0.6) is 5.75 Å². The van der Waals surface area contributed by atoms with E-state index in [9.17, 15) is 9.59 Å². The van der Waals surface area contributed by atoms with Crippen LogP contribution >= 0.6 is 0 Å². The van der Waals surface area contributed by atoms with Gasteiger partial charge in [0.05, 0.1) is 43.0 Å². The molecule has 1 unspecified atom stereocenters. The Morgan fingerprint density at radius 1 is 1.00 bits per heavy atom. The molecule has 43 heavy (non-hydrogen) atoms. The second-order valence-corrected chi connectivity index (χ2v) is 10.00. The Kier molecular flexibility index (Phi) is 6.65. The molecule has 216 valence electrons. The third-order valence-electron chi connectivity index (χ3n) is 7.61. The first-order chi connectivity index (χ1) is 21.1. The van der Waals surface area contributed by atoms with Gasteiger partial charge < -0.3 is 19.9 Å². The number of anilines is 2. The van der Waals surface area contributed by atoms with E-state index in [1.165, 1.54) is 7.11 Å². The molecule has 0 bridgehead atoms. The molecule has 1 atom stereocenters. The van der Waals surface area contributed by atoms with Gasteiger partial charge in [0.2, 0.25) is 11.7 Å². The van der Waals surface area contributed by atoms with Crippen molar-refractivity contribution in [2.24, 2.45) is 0 Å². The lowest BCUT2D eigenvalue weighted by Gasteiger charge is -2.34. The number of rotatable bonds is 7. The molecule has 7 rings (SSSR count). The zero-order chi connectivity index (χ0) is 29.3. The molecule has 5 aromatic rings. The Hall–Kier alpha value is -5.73. The minimum Gasteiger partial charge on any atom is -0.495 e. The van der Waals surface area contributed by atoms with E-state index >= 15 is 0 Å². The summed E-state index contributed by atoms with van der Waals surface area (Å²) in [6, 6.07) is 9.60. The van der Waals surface area contributed by atoms with Crippen LogP contribution in [0, 0.1) is 0 Å². The Morgan fingerprint density at radius 3 is 2.56 bits per heavy atom. The normalized spacial score (nSPS) is 16.1. The number of piperazine rings is 1. The number of carbonyl (C=O) groups is 2. The number of fused-ring (bicyclic) bond motifs is 1. The molecule has 0 saturated carbocycles. The highest BCUT2D eigenvalue weighted by molar-refractivity contribution is 6.38. The predicted molar refractivity (Wildman–Crippen MR) is 153 cm³/mol. The van der Waals surface area contributed by atoms with Gasteiger partial charge in [0.1, 0.15) is 23.5 Å². The van der Waals surface area contributed by atoms with E-state index in [0.29, 0.717) is 66.3 Å². The number of imidazole rings is 1. The van der Waals surface area contributed by atoms with Crippen LogP contribution in [0.25, 0.3) is 22.9 Å². The molecule has 0 spiro atoms. The zero-order valence-electron chi connectivity index (χ0n) is 23.1. The summed E-state index contributed by atoms with van der Waals surface area (Å²) in [6.07, 6.45) is 9.85. The van der Waals surface area contributed by atoms with E-state index in [4.69, 9.17) is 4.74 Å². The van der Waals surface area contributed by atoms with Gasteiger partial charge in [0.25, 0.3) is 5.91 Å². The number of ketones is 1. The molecule has 1 N–H and O–H groups in total. The summed E-state index contributed by atoms with van der Waals surface area (Å²) in [6.45, 7) is 1.92. The first kappa shape index (κ1) is 26.2. The van der Waals surface area contributed by atoms with Gasteiger partial charge in [-0.15, -0.1) is 0 Å². The lowest BCUT2D eigenvalue weighted by atomic mass is 9.94. The molecule has 6 heterocycles. The van der Waals surface area contributed by atoms with E-state index in [-0.39, 0.29) is 6.54 Å². The average Bonchev–Trinajstić information content (AvgIpc) is 3.86. The number of para-hydroxylation sites is 1. The van der Waals surface area contributed by atoms with Gasteiger partial charge in [-0.25, -0.2) is 19.9 Å². The Morgan fingerprint density at radius 2 is 1.84 bits per heavy atom. The number of benzene rings is 1. The number of methoxy groups -OCH3 is 1. The third-order valence-corrected chi connectivity index (χ3v) is 7.61. The first-order valence-electron chi connectivity index (χ1n) is 13.7. The number of tetrazole rings is 1. The fourth-order valence-electron chi connectivity index (χ4n) is 5.42. The number of nitrogens with zero attached hydrogens (tertiary/aromatic N) is 11. The van der Waals surface area contributed by atoms with Crippen LogP contribution in [0.1, 0.15) is 11.5 Å². The second-order valence-electron chi connectivity index (χ2n) is 10.00. The van der Waals surface area contributed by atoms with Gasteiger partial charge in [0, 0.05) is 50.7 Å². The molecule has 0 aliphatic carbocycles. The van der Waals surface area contributed by atoms with Gasteiger partial charge in [-0.2, -0.15) is 4.68 Å². The summed E-state index contributed by atoms with van der Waals surface area (Å²) >= 11 is 0. The number of hydrogen-bond acceptors (Lipinski definition) is 12. The fourth-order valence-corrected chi connectivity index (χ4v) is 5.42. The van der Waals surface area contributed by atoms with Crippen molar-refractivity contribution in [1.82, 2.24) is 49.6 Å². The van der Waals surface area contributed by atoms with Crippen LogP contribution in [0.2, 0.25) is 0 Å². The summed E-state index contributed by atoms with van der Waals surface area (Å²) in [4.78, 5) is 48.3. The fraction of sp³-hybridized carbons (Fsp3) is 0.250. The standard InChI is InChI=1S/C28H26N12O3/c1-43-21-15-33-24(20-14-31-22(16-30-20)39-8-7-29-17-39)25-23(21)19(13-32-25)26(41)27(42)37-9-11-38(12-10-37)28-34-35-36-40(28)18-5-3-2-4-6-18/h2-8,14-17,19,32H,9-13H2,1H3. The third kappa shape index (κ3) is 4.69. The quantitative estimate of drug-likeness (QED) is 0.275. The number of Topliss-reactive ketones (excluding diaryl/α,β-unsaturated/α-hetero) is 1. The summed E-state index contributed by atoms with van der Waals surface area (Å²) in [5, 5.41) is 15.4. The number of pyridine rings is 1. The van der Waals surface area contributed by atoms with Gasteiger partial charge in [0.15, 0.2) is 5.82 Å². The summed E-state index contributed by atoms with van der Waals surface area (Å²) < 4.78 is 8.98. The van der Waals surface area contributed by atoms with E-state index in [1.54, 1.807) is 51.5 Å².